The third-order valence-electron chi connectivity index (χ3n) is 25.4. The minimum Gasteiger partial charge on any atom is -0.408 e. The number of aliphatic hydroxyl groups is 3. The first-order chi connectivity index (χ1) is 63.9. The van der Waals surface area contributed by atoms with Crippen molar-refractivity contribution in [1.29, 1.82) is 0 Å². The van der Waals surface area contributed by atoms with Crippen LogP contribution in [0.4, 0.5) is 23.1 Å². The monoisotopic (exact) mass is 2170 g/mol. The van der Waals surface area contributed by atoms with Gasteiger partial charge in [-0.3, -0.25) is 60.0 Å². The number of non-ortho nitro benzene ring substituents is 1. The van der Waals surface area contributed by atoms with Crippen LogP contribution in [0.2, 0.25) is 103 Å². The van der Waals surface area contributed by atoms with Crippen molar-refractivity contribution in [2.45, 2.75) is 267 Å². The molecule has 38 nitrogen and oxygen atoms in total. The second kappa shape index (κ2) is 46.0. The van der Waals surface area contributed by atoms with Gasteiger partial charge in [-0.05, 0) is 157 Å². The molecule has 6 aliphatic rings. The lowest BCUT2D eigenvalue weighted by Crippen LogP contribution is -2.54. The summed E-state index contributed by atoms with van der Waals surface area (Å²) in [5.41, 5.74) is 11.0. The van der Waals surface area contributed by atoms with Crippen LogP contribution < -0.4 is 33.1 Å². The number of halogens is 6. The van der Waals surface area contributed by atoms with Crippen molar-refractivity contribution in [2.24, 2.45) is 4.99 Å². The molecule has 764 valence electrons. The lowest BCUT2D eigenvalue weighted by atomic mass is 10.1. The maximum absolute atomic E-state index is 13.9. The van der Waals surface area contributed by atoms with Crippen molar-refractivity contribution >= 4 is 156 Å². The van der Waals surface area contributed by atoms with Crippen LogP contribution >= 0.6 is 93.1 Å². The van der Waals surface area contributed by atoms with E-state index in [1.165, 1.54) is 51.7 Å². The Hall–Kier alpha value is -5.63. The number of nitrogens with zero attached hydrogens (tertiary/aromatic N) is 9. The fourth-order valence-corrected chi connectivity index (χ4v) is 24.3. The zero-order valence-corrected chi connectivity index (χ0v) is 92.2. The molecule has 6 saturated heterocycles. The zero-order chi connectivity index (χ0) is 103. The fraction of sp³-hybridized carbons (Fsp3) is 0.575. The number of nitrogens with two attached hydrogens (primary N) is 2. The van der Waals surface area contributed by atoms with Gasteiger partial charge in [-0.1, -0.05) is 153 Å². The Kier molecular flexibility index (Phi) is 38.1. The average Bonchev–Trinajstić information content (AvgIpc) is 1.60. The number of rotatable bonds is 26. The highest BCUT2D eigenvalue weighted by molar-refractivity contribution is 7.49. The number of nitrogen functional groups attached to an aromatic ring is 2. The van der Waals surface area contributed by atoms with Gasteiger partial charge in [0.25, 0.3) is 5.69 Å². The highest BCUT2D eigenvalue weighted by Gasteiger charge is 2.58. The maximum Gasteiger partial charge on any atom is 0.530 e. The minimum absolute atomic E-state index is 0.00165. The smallest absolute Gasteiger partial charge is 0.408 e. The van der Waals surface area contributed by atoms with E-state index >= 15 is 0 Å². The summed E-state index contributed by atoms with van der Waals surface area (Å²) in [6.45, 7) is 42.5. The number of hydrogen-bond donors (Lipinski definition) is 5. The molecule has 3 aromatic heterocycles. The largest absolute Gasteiger partial charge is 0.530 e. The Morgan fingerprint density at radius 1 is 0.493 bits per heavy atom. The maximum atomic E-state index is 13.9. The first kappa shape index (κ1) is 114. The Balaban J connectivity index is 0.000000194. The summed E-state index contributed by atoms with van der Waals surface area (Å²) >= 11 is 37.0. The molecule has 6 fully saturated rings. The van der Waals surface area contributed by atoms with Crippen LogP contribution in [-0.4, -0.2) is 202 Å². The standard InChI is InChI=1S/C30H48Cl2N3O8PSi2.C24H46N4O5Si2.C18H20Cl2N3O8P.C15H12Cl2NO6P/c1-29(2,3)45(7,8)42-25-23(18-39-44(37)38-16-14-22(41-44)20-17-19(31)11-12-21(20)32)40-27(35-15-13-24(33)34-28(35)36)26(25)43-46(9,10)30(4,5)6;1-23(2,3)34(9,10)32-19-17(15-29)31-21(20(19)33-35(11,12)24(4,5)6)28-14-13-18(26-22(28)30)25-16-27(7)8;19-9-1-2-11(20)10(7-9)12-4-6-28-32(27,31-12)29-8-13-15(24)16(25)17(30-13)23-5-3-14(21)22-18(23)26;16-10-1-6-14(17)13(9-10)15-7-8-22-25(21,24-15)23-12-4-2-11(3-5-12)18(19)20/h11-13,15,17,22-23,25-27H,14,16,18H2,1-10H3,(H2,33,34,36);13-14,16-17,19-21,29H,15H2,1-12H3;1-3,5,7,12-13,15-17,24-25H,4,6,8H2,(H2,21,22,26);1-6,9,15H,7-8H2/t22-,23-,25-,26+,27-,44+;17-,19-,20+,21-;12-,13-,15-,16+,17-,32+;15-,25-/m1111/s1. The molecule has 9 heterocycles. The number of anilines is 2. The van der Waals surface area contributed by atoms with Gasteiger partial charge in [-0.25, -0.2) is 33.1 Å². The molecular weight excluding hydrogens is 2050 g/mol. The Labute approximate surface area is 836 Å². The molecule has 0 saturated carbocycles. The Bertz CT molecular complexity index is 5780. The van der Waals surface area contributed by atoms with Crippen LogP contribution in [0.25, 0.3) is 0 Å². The van der Waals surface area contributed by atoms with Gasteiger partial charge >= 0.3 is 40.5 Å². The van der Waals surface area contributed by atoms with Crippen molar-refractivity contribution in [3.63, 3.8) is 0 Å². The quantitative estimate of drug-likeness (QED) is 0.00839. The molecule has 13 rings (SSSR count). The highest BCUT2D eigenvalue weighted by Crippen LogP contribution is 2.62. The molecule has 0 aliphatic carbocycles. The summed E-state index contributed by atoms with van der Waals surface area (Å²) in [7, 11) is -17.8. The fourth-order valence-electron chi connectivity index (χ4n) is 13.7. The number of nitro groups is 1. The van der Waals surface area contributed by atoms with Crippen LogP contribution in [0, 0.1) is 10.1 Å². The number of nitro benzene ring substituents is 1. The lowest BCUT2D eigenvalue weighted by Gasteiger charge is -2.44. The number of hydrogen-bond acceptors (Lipinski definition) is 33. The van der Waals surface area contributed by atoms with E-state index in [4.69, 9.17) is 154 Å². The predicted molar refractivity (Wildman–Crippen MR) is 536 cm³/mol. The third kappa shape index (κ3) is 29.0. The number of aliphatic imine (C=N–C) groups is 1. The predicted octanol–water partition coefficient (Wildman–Crippen LogP) is 19.9. The highest BCUT2D eigenvalue weighted by atomic mass is 35.5. The van der Waals surface area contributed by atoms with Crippen molar-refractivity contribution in [1.82, 2.24) is 33.6 Å². The summed E-state index contributed by atoms with van der Waals surface area (Å²) < 4.78 is 139. The second-order valence-electron chi connectivity index (χ2n) is 39.9. The van der Waals surface area contributed by atoms with Crippen LogP contribution in [0.5, 0.6) is 5.75 Å². The van der Waals surface area contributed by atoms with Gasteiger partial charge in [-0.15, -0.1) is 0 Å². The van der Waals surface area contributed by atoms with E-state index in [0.29, 0.717) is 71.9 Å². The topological polar surface area (TPSA) is 475 Å². The van der Waals surface area contributed by atoms with Gasteiger partial charge in [-0.2, -0.15) is 15.0 Å². The van der Waals surface area contributed by atoms with E-state index in [1.54, 1.807) is 84.3 Å². The van der Waals surface area contributed by atoms with Gasteiger partial charge < -0.3 is 68.1 Å². The van der Waals surface area contributed by atoms with E-state index in [0.717, 1.165) is 4.57 Å². The number of ether oxygens (including phenoxy) is 3. The molecular formula is C87H126Cl6N11O27P3Si4. The zero-order valence-electron chi connectivity index (χ0n) is 81.0. The van der Waals surface area contributed by atoms with E-state index in [1.807, 2.05) is 14.1 Å². The summed E-state index contributed by atoms with van der Waals surface area (Å²) in [6, 6.07) is 24.4. The third-order valence-corrected chi connectivity index (χ3v) is 49.5. The van der Waals surface area contributed by atoms with Gasteiger partial charge in [0.1, 0.15) is 72.3 Å². The van der Waals surface area contributed by atoms with Crippen molar-refractivity contribution in [3.8, 4) is 5.75 Å². The summed E-state index contributed by atoms with van der Waals surface area (Å²) in [6.07, 6.45) is -5.65. The molecule has 7 aromatic rings. The van der Waals surface area contributed by atoms with Crippen molar-refractivity contribution in [3.05, 3.63) is 204 Å². The average molecular weight is 2180 g/mol. The number of benzene rings is 4. The van der Waals surface area contributed by atoms with Crippen LogP contribution in [0.3, 0.4) is 0 Å². The first-order valence-electron chi connectivity index (χ1n) is 44.4. The Morgan fingerprint density at radius 2 is 0.833 bits per heavy atom. The molecule has 7 N–H and O–H groups in total. The molecule has 0 bridgehead atoms. The van der Waals surface area contributed by atoms with Crippen LogP contribution in [-0.2, 0) is 81.8 Å². The lowest BCUT2D eigenvalue weighted by molar-refractivity contribution is -0.384. The minimum atomic E-state index is -4.08. The van der Waals surface area contributed by atoms with E-state index in [9.17, 15) is 53.5 Å². The molecule has 0 radical (unpaired) electrons. The summed E-state index contributed by atoms with van der Waals surface area (Å²) in [5, 5.41) is 43.7. The van der Waals surface area contributed by atoms with Crippen molar-refractivity contribution < 1.29 is 107 Å². The van der Waals surface area contributed by atoms with E-state index < -0.39 is 177 Å². The first-order valence-corrected chi connectivity index (χ1v) is 62.7. The molecule has 0 amide bonds. The normalized spacial score (nSPS) is 27.3. The number of phosphoric ester groups is 3. The molecule has 6 aliphatic heterocycles. The number of aromatic nitrogens is 6. The summed E-state index contributed by atoms with van der Waals surface area (Å²) in [5.74, 6) is 0.534. The molecule has 0 spiro atoms. The molecule has 18 atom stereocenters. The second-order valence-corrected chi connectivity index (χ2v) is 66.3. The molecule has 0 unspecified atom stereocenters. The van der Waals surface area contributed by atoms with Gasteiger partial charge in [0.05, 0.1) is 69.2 Å². The Morgan fingerprint density at radius 3 is 1.20 bits per heavy atom. The van der Waals surface area contributed by atoms with E-state index in [-0.39, 0.29) is 76.3 Å². The van der Waals surface area contributed by atoms with E-state index in [2.05, 4.69) is 155 Å². The molecule has 51 heteroatoms. The van der Waals surface area contributed by atoms with Crippen LogP contribution in [0.1, 0.15) is 156 Å². The molecule has 138 heavy (non-hydrogen) atoms. The molecule has 4 aromatic carbocycles. The SMILES string of the molecule is CC(C)(C)[Si](C)(C)O[C@H]1[C@H](O[Si](C)(C)C(C)(C)C)[C@@H](CO[P@]2(=O)OCC[C@H](c3cc(Cl)ccc3Cl)O2)O[C@H]1n1ccc(N)nc1=O.CN(C)C=Nc1ccn([C@@H]2O[C@H](CO)[C@@H](O[Si](C)(C)C(C)(C)C)[C@@H]2O[Si](C)(C)C(C)(C)C)c(=O)n1.Nc1ccn([C@@H]2O[C@H](CO[P@]3(=O)OCC[C@H](c4cc(Cl)ccc4Cl)O3)[C@@H](O)[C@@H]2O)c(=O)n1.O=[N+]([O-])c1ccc(O[P@@]2(=O)OCC[C@H](c3cc(Cl)ccc3Cl)O2)cc1. The van der Waals surface area contributed by atoms with Crippen molar-refractivity contribution in [2.75, 3.05) is 65.2 Å². The number of phosphoric acid groups is 3. The summed E-state index contributed by atoms with van der Waals surface area (Å²) in [4.78, 5) is 66.0. The van der Waals surface area contributed by atoms with Crippen LogP contribution in [0.15, 0.2) is 135 Å². The number of aliphatic hydroxyl groups excluding tert-OH is 3. The van der Waals surface area contributed by atoms with Gasteiger partial charge in [0.15, 0.2) is 57.8 Å². The van der Waals surface area contributed by atoms with Gasteiger partial charge in [0, 0.05) is 111 Å². The van der Waals surface area contributed by atoms with Gasteiger partial charge in [0.2, 0.25) is 0 Å².